The number of ether oxygens (including phenoxy) is 3. The average Bonchev–Trinajstić information content (AvgIpc) is 3.24. The van der Waals surface area contributed by atoms with Gasteiger partial charge in [0.15, 0.2) is 5.60 Å². The molecule has 2 aliphatic heterocycles. The molecular weight excluding hydrogens is 533 g/mol. The van der Waals surface area contributed by atoms with Crippen molar-refractivity contribution in [1.82, 2.24) is 10.2 Å². The monoisotopic (exact) mass is 563 g/mol. The van der Waals surface area contributed by atoms with Crippen molar-refractivity contribution in [3.63, 3.8) is 0 Å². The fraction of sp³-hybridized carbons (Fsp3) is 0.481. The van der Waals surface area contributed by atoms with Crippen molar-refractivity contribution >= 4 is 35.0 Å². The summed E-state index contributed by atoms with van der Waals surface area (Å²) in [6.07, 6.45) is 3.48. The van der Waals surface area contributed by atoms with Crippen LogP contribution in [0.15, 0.2) is 35.5 Å². The molecule has 11 heteroatoms. The van der Waals surface area contributed by atoms with E-state index >= 15 is 0 Å². The summed E-state index contributed by atoms with van der Waals surface area (Å²) in [5.74, 6) is -0.0514. The van der Waals surface area contributed by atoms with E-state index in [4.69, 9.17) is 37.4 Å². The van der Waals surface area contributed by atoms with Gasteiger partial charge in [-0.2, -0.15) is 0 Å². The molecule has 1 saturated heterocycles. The minimum absolute atomic E-state index is 0.100. The van der Waals surface area contributed by atoms with Gasteiger partial charge in [0.2, 0.25) is 0 Å². The molecule has 1 fully saturated rings. The molecule has 2 aliphatic rings. The molecule has 0 aromatic heterocycles. The summed E-state index contributed by atoms with van der Waals surface area (Å²) in [5, 5.41) is 5.84. The Kier molecular flexibility index (Phi) is 8.49. The first-order chi connectivity index (χ1) is 18.1. The average molecular weight is 564 g/mol. The van der Waals surface area contributed by atoms with Crippen LogP contribution < -0.4 is 19.5 Å². The molecule has 2 aromatic rings. The van der Waals surface area contributed by atoms with Crippen LogP contribution in [0.2, 0.25) is 10.0 Å². The molecule has 38 heavy (non-hydrogen) atoms. The number of halogens is 2. The lowest BCUT2D eigenvalue weighted by Gasteiger charge is -2.38. The van der Waals surface area contributed by atoms with Gasteiger partial charge in [-0.25, -0.2) is 0 Å². The Balaban J connectivity index is 1.33. The number of carbonyl (C=O) groups is 2. The van der Waals surface area contributed by atoms with Gasteiger partial charge in [0.1, 0.15) is 22.8 Å². The van der Waals surface area contributed by atoms with Crippen molar-refractivity contribution in [3.05, 3.63) is 56.4 Å². The van der Waals surface area contributed by atoms with Crippen LogP contribution in [0.5, 0.6) is 17.2 Å². The third kappa shape index (κ3) is 6.22. The highest BCUT2D eigenvalue weighted by Gasteiger charge is 2.42. The highest BCUT2D eigenvalue weighted by atomic mass is 35.5. The summed E-state index contributed by atoms with van der Waals surface area (Å²) in [6, 6.07) is 8.68. The first-order valence-electron chi connectivity index (χ1n) is 12.5. The number of carbonyl (C=O) groups excluding carboxylic acids is 2. The van der Waals surface area contributed by atoms with Gasteiger partial charge in [0.25, 0.3) is 5.91 Å². The Morgan fingerprint density at radius 2 is 1.89 bits per heavy atom. The fourth-order valence-corrected chi connectivity index (χ4v) is 5.21. The highest BCUT2D eigenvalue weighted by Crippen LogP contribution is 2.42. The van der Waals surface area contributed by atoms with Gasteiger partial charge in [-0.05, 0) is 50.1 Å². The van der Waals surface area contributed by atoms with Gasteiger partial charge in [0.05, 0.1) is 17.2 Å². The van der Waals surface area contributed by atoms with Crippen LogP contribution in [0.25, 0.3) is 0 Å². The van der Waals surface area contributed by atoms with Crippen LogP contribution in [0, 0.1) is 4.91 Å². The number of piperidine rings is 1. The van der Waals surface area contributed by atoms with Gasteiger partial charge in [0, 0.05) is 62.2 Å². The SMILES string of the molecule is CNC(=O)c1cc(Cl)c(OC(C)(C)C(=O)N=O)cc1OCCCN1CCC2(CC1)Cc1cc(Cl)ccc1O2. The van der Waals surface area contributed by atoms with Crippen LogP contribution in [0.3, 0.4) is 0 Å². The van der Waals surface area contributed by atoms with E-state index in [2.05, 4.69) is 15.4 Å². The molecule has 4 rings (SSSR count). The van der Waals surface area contributed by atoms with Crippen molar-refractivity contribution in [1.29, 1.82) is 0 Å². The number of fused-ring (bicyclic) bond motifs is 1. The molecule has 2 amide bonds. The number of hydrogen-bond donors (Lipinski definition) is 1. The minimum atomic E-state index is -1.53. The van der Waals surface area contributed by atoms with Crippen LogP contribution in [-0.2, 0) is 11.2 Å². The predicted octanol–water partition coefficient (Wildman–Crippen LogP) is 5.04. The summed E-state index contributed by atoms with van der Waals surface area (Å²) >= 11 is 12.5. The summed E-state index contributed by atoms with van der Waals surface area (Å²) in [5.41, 5.74) is -0.274. The second-order valence-electron chi connectivity index (χ2n) is 10.1. The lowest BCUT2D eigenvalue weighted by Crippen LogP contribution is -2.47. The molecule has 0 bridgehead atoms. The molecule has 2 heterocycles. The Hall–Kier alpha value is -2.88. The highest BCUT2D eigenvalue weighted by molar-refractivity contribution is 6.32. The van der Waals surface area contributed by atoms with E-state index in [1.165, 1.54) is 38.6 Å². The van der Waals surface area contributed by atoms with E-state index in [0.29, 0.717) is 6.61 Å². The zero-order chi connectivity index (χ0) is 27.5. The number of amides is 2. The molecule has 0 radical (unpaired) electrons. The number of rotatable bonds is 9. The van der Waals surface area contributed by atoms with Gasteiger partial charge < -0.3 is 24.4 Å². The van der Waals surface area contributed by atoms with E-state index in [1.807, 2.05) is 18.2 Å². The summed E-state index contributed by atoms with van der Waals surface area (Å²) < 4.78 is 17.9. The number of nitrogens with zero attached hydrogens (tertiary/aromatic N) is 2. The van der Waals surface area contributed by atoms with E-state index in [-0.39, 0.29) is 33.6 Å². The Labute approximate surface area is 231 Å². The molecule has 0 atom stereocenters. The molecule has 0 aliphatic carbocycles. The number of nitroso groups, excluding NO2 is 1. The normalized spacial score (nSPS) is 16.4. The topological polar surface area (TPSA) is 107 Å². The lowest BCUT2D eigenvalue weighted by atomic mass is 9.87. The molecule has 204 valence electrons. The number of benzene rings is 2. The van der Waals surface area contributed by atoms with Gasteiger partial charge in [-0.1, -0.05) is 23.2 Å². The maximum absolute atomic E-state index is 12.4. The van der Waals surface area contributed by atoms with Crippen LogP contribution in [0.1, 0.15) is 49.0 Å². The quantitative estimate of drug-likeness (QED) is 0.336. The molecule has 1 spiro atoms. The van der Waals surface area contributed by atoms with E-state index in [0.717, 1.165) is 56.1 Å². The first kappa shape index (κ1) is 28.1. The molecule has 1 N–H and O–H groups in total. The first-order valence-corrected chi connectivity index (χ1v) is 13.3. The molecule has 9 nitrogen and oxygen atoms in total. The van der Waals surface area contributed by atoms with Crippen LogP contribution in [0.4, 0.5) is 0 Å². The Bertz CT molecular complexity index is 1230. The third-order valence-corrected chi connectivity index (χ3v) is 7.50. The predicted molar refractivity (Wildman–Crippen MR) is 145 cm³/mol. The summed E-state index contributed by atoms with van der Waals surface area (Å²) in [6.45, 7) is 5.83. The summed E-state index contributed by atoms with van der Waals surface area (Å²) in [4.78, 5) is 37.3. The summed E-state index contributed by atoms with van der Waals surface area (Å²) in [7, 11) is 1.51. The number of nitrogens with one attached hydrogen (secondary N) is 1. The van der Waals surface area contributed by atoms with Gasteiger partial charge in [-0.15, -0.1) is 4.91 Å². The minimum Gasteiger partial charge on any atom is -0.493 e. The van der Waals surface area contributed by atoms with Crippen molar-refractivity contribution < 1.29 is 23.8 Å². The van der Waals surface area contributed by atoms with Crippen LogP contribution >= 0.6 is 23.2 Å². The zero-order valence-electron chi connectivity index (χ0n) is 21.6. The van der Waals surface area contributed by atoms with Crippen LogP contribution in [-0.4, -0.2) is 61.2 Å². The molecule has 0 unspecified atom stereocenters. The molecular formula is C27H31Cl2N3O6. The largest absolute Gasteiger partial charge is 0.493 e. The zero-order valence-corrected chi connectivity index (χ0v) is 23.2. The number of likely N-dealkylation sites (tertiary alicyclic amines) is 1. The Morgan fingerprint density at radius 3 is 2.58 bits per heavy atom. The van der Waals surface area contributed by atoms with Crippen molar-refractivity contribution in [2.45, 2.75) is 50.7 Å². The third-order valence-electron chi connectivity index (χ3n) is 6.97. The standard InChI is InChI=1S/C27H31Cl2N3O6/c1-26(2,25(34)31-35)37-23-15-22(19(14-20(23)29)24(33)30-3)36-12-4-9-32-10-7-27(8-11-32)16-17-13-18(28)5-6-21(17)38-27/h5-6,13-15H,4,7-12,16H2,1-3H3,(H,30,33). The smallest absolute Gasteiger partial charge is 0.328 e. The number of hydrogen-bond acceptors (Lipinski definition) is 7. The second kappa shape index (κ2) is 11.5. The van der Waals surface area contributed by atoms with Gasteiger partial charge >= 0.3 is 5.91 Å². The fourth-order valence-electron chi connectivity index (χ4n) is 4.81. The van der Waals surface area contributed by atoms with Crippen molar-refractivity contribution in [2.75, 3.05) is 33.3 Å². The second-order valence-corrected chi connectivity index (χ2v) is 11.0. The van der Waals surface area contributed by atoms with Crippen molar-refractivity contribution in [3.8, 4) is 17.2 Å². The molecule has 0 saturated carbocycles. The maximum atomic E-state index is 12.4. The van der Waals surface area contributed by atoms with E-state index in [1.54, 1.807) is 0 Å². The van der Waals surface area contributed by atoms with E-state index < -0.39 is 11.5 Å². The lowest BCUT2D eigenvalue weighted by molar-refractivity contribution is -0.130. The van der Waals surface area contributed by atoms with Gasteiger partial charge in [-0.3, -0.25) is 9.59 Å². The van der Waals surface area contributed by atoms with Crippen molar-refractivity contribution in [2.24, 2.45) is 5.18 Å². The molecule has 2 aromatic carbocycles. The van der Waals surface area contributed by atoms with E-state index in [9.17, 15) is 14.5 Å². The Morgan fingerprint density at radius 1 is 1.16 bits per heavy atom. The maximum Gasteiger partial charge on any atom is 0.328 e.